The van der Waals surface area contributed by atoms with Gasteiger partial charge in [0.1, 0.15) is 13.1 Å². The number of aldehydes is 1. The van der Waals surface area contributed by atoms with Crippen LogP contribution in [0.1, 0.15) is 26.7 Å². The van der Waals surface area contributed by atoms with E-state index in [2.05, 4.69) is 13.8 Å². The van der Waals surface area contributed by atoms with E-state index in [0.717, 1.165) is 30.3 Å². The Balaban J connectivity index is 2.59. The molecule has 86 valence electrons. The standard InChI is InChI=1S/C12H20O3/c1-9(2)11-5-4-10(12(11)6-13)7-15-8-14-3/h6,9,11H,4-5,7-8H2,1-3H3/t11-/m0/s1. The molecule has 0 aromatic rings. The normalized spacial score (nSPS) is 21.5. The smallest absolute Gasteiger partial charge is 0.146 e. The van der Waals surface area contributed by atoms with Crippen molar-refractivity contribution in [3.63, 3.8) is 0 Å². The third kappa shape index (κ3) is 3.14. The Morgan fingerprint density at radius 2 is 2.27 bits per heavy atom. The lowest BCUT2D eigenvalue weighted by Crippen LogP contribution is -2.09. The largest absolute Gasteiger partial charge is 0.359 e. The second kappa shape index (κ2) is 6.03. The van der Waals surface area contributed by atoms with Gasteiger partial charge in [0.05, 0.1) is 6.61 Å². The molecule has 0 fully saturated rings. The Labute approximate surface area is 91.4 Å². The lowest BCUT2D eigenvalue weighted by atomic mass is 9.90. The van der Waals surface area contributed by atoms with Crippen LogP contribution in [0.2, 0.25) is 0 Å². The van der Waals surface area contributed by atoms with E-state index in [1.54, 1.807) is 7.11 Å². The van der Waals surface area contributed by atoms with Gasteiger partial charge in [-0.1, -0.05) is 13.8 Å². The predicted molar refractivity (Wildman–Crippen MR) is 58.5 cm³/mol. The van der Waals surface area contributed by atoms with Crippen LogP contribution in [-0.4, -0.2) is 26.8 Å². The Bertz CT molecular complexity index is 243. The molecule has 3 heteroatoms. The van der Waals surface area contributed by atoms with Gasteiger partial charge in [-0.3, -0.25) is 4.79 Å². The van der Waals surface area contributed by atoms with Gasteiger partial charge in [-0.15, -0.1) is 0 Å². The molecule has 0 amide bonds. The third-order valence-corrected chi connectivity index (χ3v) is 2.97. The molecule has 0 aliphatic heterocycles. The number of carbonyl (C=O) groups is 1. The molecule has 0 saturated carbocycles. The van der Waals surface area contributed by atoms with Crippen LogP contribution >= 0.6 is 0 Å². The summed E-state index contributed by atoms with van der Waals surface area (Å²) in [4.78, 5) is 11.0. The van der Waals surface area contributed by atoms with Gasteiger partial charge in [-0.2, -0.15) is 0 Å². The summed E-state index contributed by atoms with van der Waals surface area (Å²) in [7, 11) is 1.60. The van der Waals surface area contributed by atoms with E-state index in [1.165, 1.54) is 0 Å². The minimum Gasteiger partial charge on any atom is -0.359 e. The summed E-state index contributed by atoms with van der Waals surface area (Å²) < 4.78 is 10.1. The van der Waals surface area contributed by atoms with E-state index in [-0.39, 0.29) is 0 Å². The molecule has 0 spiro atoms. The maximum Gasteiger partial charge on any atom is 0.146 e. The van der Waals surface area contributed by atoms with Crippen LogP contribution in [0.15, 0.2) is 11.1 Å². The van der Waals surface area contributed by atoms with Crippen molar-refractivity contribution in [2.75, 3.05) is 20.5 Å². The molecule has 0 radical (unpaired) electrons. The molecule has 1 atom stereocenters. The maximum absolute atomic E-state index is 11.0. The fourth-order valence-electron chi connectivity index (χ4n) is 2.16. The van der Waals surface area contributed by atoms with Crippen molar-refractivity contribution in [2.45, 2.75) is 26.7 Å². The quantitative estimate of drug-likeness (QED) is 0.384. The van der Waals surface area contributed by atoms with E-state index < -0.39 is 0 Å². The van der Waals surface area contributed by atoms with E-state index >= 15 is 0 Å². The summed E-state index contributed by atoms with van der Waals surface area (Å²) in [5, 5.41) is 0. The summed E-state index contributed by atoms with van der Waals surface area (Å²) >= 11 is 0. The van der Waals surface area contributed by atoms with Crippen molar-refractivity contribution in [3.05, 3.63) is 11.1 Å². The lowest BCUT2D eigenvalue weighted by Gasteiger charge is -2.14. The fourth-order valence-corrected chi connectivity index (χ4v) is 2.16. The van der Waals surface area contributed by atoms with Crippen LogP contribution in [0.25, 0.3) is 0 Å². The molecule has 0 heterocycles. The number of methoxy groups -OCH3 is 1. The zero-order valence-corrected chi connectivity index (χ0v) is 9.79. The van der Waals surface area contributed by atoms with Crippen molar-refractivity contribution in [1.82, 2.24) is 0 Å². The van der Waals surface area contributed by atoms with E-state index in [4.69, 9.17) is 9.47 Å². The van der Waals surface area contributed by atoms with Crippen LogP contribution in [0.3, 0.4) is 0 Å². The average Bonchev–Trinajstić information content (AvgIpc) is 2.61. The summed E-state index contributed by atoms with van der Waals surface area (Å²) in [5.41, 5.74) is 2.11. The number of hydrogen-bond acceptors (Lipinski definition) is 3. The SMILES string of the molecule is COCOCC1=C(C=O)[C@H](C(C)C)CC1. The Kier molecular flexibility index (Phi) is 4.99. The summed E-state index contributed by atoms with van der Waals surface area (Å²) in [6, 6.07) is 0. The van der Waals surface area contributed by atoms with E-state index in [0.29, 0.717) is 25.2 Å². The Hall–Kier alpha value is -0.670. The van der Waals surface area contributed by atoms with Crippen LogP contribution in [-0.2, 0) is 14.3 Å². The summed E-state index contributed by atoms with van der Waals surface area (Å²) in [5.74, 6) is 0.953. The first kappa shape index (κ1) is 12.4. The molecule has 0 bridgehead atoms. The maximum atomic E-state index is 11.0. The highest BCUT2D eigenvalue weighted by molar-refractivity contribution is 5.76. The second-order valence-electron chi connectivity index (χ2n) is 4.32. The molecular weight excluding hydrogens is 192 g/mol. The number of ether oxygens (including phenoxy) is 2. The van der Waals surface area contributed by atoms with Crippen molar-refractivity contribution in [1.29, 1.82) is 0 Å². The molecule has 0 aromatic heterocycles. The van der Waals surface area contributed by atoms with Gasteiger partial charge in [0.25, 0.3) is 0 Å². The van der Waals surface area contributed by atoms with Gasteiger partial charge in [0, 0.05) is 7.11 Å². The van der Waals surface area contributed by atoms with Crippen LogP contribution < -0.4 is 0 Å². The first-order valence-electron chi connectivity index (χ1n) is 5.44. The van der Waals surface area contributed by atoms with Gasteiger partial charge >= 0.3 is 0 Å². The van der Waals surface area contributed by atoms with Gasteiger partial charge < -0.3 is 9.47 Å². The molecule has 0 unspecified atom stereocenters. The second-order valence-corrected chi connectivity index (χ2v) is 4.32. The first-order chi connectivity index (χ1) is 7.20. The Morgan fingerprint density at radius 3 is 2.80 bits per heavy atom. The van der Waals surface area contributed by atoms with Crippen LogP contribution in [0, 0.1) is 11.8 Å². The zero-order valence-electron chi connectivity index (χ0n) is 9.79. The number of rotatable bonds is 6. The Morgan fingerprint density at radius 1 is 1.53 bits per heavy atom. The monoisotopic (exact) mass is 212 g/mol. The molecule has 1 rings (SSSR count). The van der Waals surface area contributed by atoms with Crippen molar-refractivity contribution < 1.29 is 14.3 Å². The molecule has 1 aliphatic rings. The molecule has 3 nitrogen and oxygen atoms in total. The predicted octanol–water partition coefficient (Wildman–Crippen LogP) is 2.17. The van der Waals surface area contributed by atoms with E-state index in [1.807, 2.05) is 0 Å². The van der Waals surface area contributed by atoms with Crippen LogP contribution in [0.5, 0.6) is 0 Å². The first-order valence-corrected chi connectivity index (χ1v) is 5.44. The average molecular weight is 212 g/mol. The molecule has 0 N–H and O–H groups in total. The highest BCUT2D eigenvalue weighted by Crippen LogP contribution is 2.35. The minimum atomic E-state index is 0.294. The van der Waals surface area contributed by atoms with Crippen LogP contribution in [0.4, 0.5) is 0 Å². The van der Waals surface area contributed by atoms with E-state index in [9.17, 15) is 4.79 Å². The molecular formula is C12H20O3. The molecule has 0 saturated heterocycles. The molecule has 1 aliphatic carbocycles. The number of carbonyl (C=O) groups excluding carboxylic acids is 1. The van der Waals surface area contributed by atoms with Gasteiger partial charge in [-0.25, -0.2) is 0 Å². The highest BCUT2D eigenvalue weighted by Gasteiger charge is 2.27. The van der Waals surface area contributed by atoms with Crippen molar-refractivity contribution >= 4 is 6.29 Å². The van der Waals surface area contributed by atoms with Gasteiger partial charge in [-0.05, 0) is 35.8 Å². The molecule has 0 aromatic carbocycles. The summed E-state index contributed by atoms with van der Waals surface area (Å²) in [6.07, 6.45) is 3.07. The van der Waals surface area contributed by atoms with Crippen molar-refractivity contribution in [2.24, 2.45) is 11.8 Å². The van der Waals surface area contributed by atoms with Gasteiger partial charge in [0.15, 0.2) is 0 Å². The third-order valence-electron chi connectivity index (χ3n) is 2.97. The zero-order chi connectivity index (χ0) is 11.3. The topological polar surface area (TPSA) is 35.5 Å². The molecule has 15 heavy (non-hydrogen) atoms. The highest BCUT2D eigenvalue weighted by atomic mass is 16.7. The number of hydrogen-bond donors (Lipinski definition) is 0. The van der Waals surface area contributed by atoms with Gasteiger partial charge in [0.2, 0.25) is 0 Å². The fraction of sp³-hybridized carbons (Fsp3) is 0.750. The lowest BCUT2D eigenvalue weighted by molar-refractivity contribution is -0.105. The van der Waals surface area contributed by atoms with Crippen molar-refractivity contribution in [3.8, 4) is 0 Å². The number of allylic oxidation sites excluding steroid dienone is 1. The minimum absolute atomic E-state index is 0.294. The summed E-state index contributed by atoms with van der Waals surface area (Å²) in [6.45, 7) is 5.15.